The van der Waals surface area contributed by atoms with Crippen LogP contribution in [0.3, 0.4) is 0 Å². The lowest BCUT2D eigenvalue weighted by Gasteiger charge is -2.11. The average Bonchev–Trinajstić information content (AvgIpc) is 2.16. The zero-order valence-corrected chi connectivity index (χ0v) is 11.6. The molecule has 3 heteroatoms. The highest BCUT2D eigenvalue weighted by molar-refractivity contribution is 5.85. The molecule has 0 aromatic rings. The minimum atomic E-state index is -0.396. The van der Waals surface area contributed by atoms with Crippen LogP contribution < -0.4 is 0 Å². The van der Waals surface area contributed by atoms with Crippen molar-refractivity contribution >= 4 is 11.9 Å². The Balaban J connectivity index is 3.69. The van der Waals surface area contributed by atoms with Gasteiger partial charge in [-0.05, 0) is 18.3 Å². The van der Waals surface area contributed by atoms with E-state index in [1.165, 1.54) is 6.42 Å². The van der Waals surface area contributed by atoms with E-state index >= 15 is 0 Å². The molecule has 0 aliphatic heterocycles. The van der Waals surface area contributed by atoms with Gasteiger partial charge in [0.1, 0.15) is 0 Å². The second kappa shape index (κ2) is 9.20. The largest absolute Gasteiger partial charge is 0.393 e. The molecule has 0 N–H and O–H groups in total. The summed E-state index contributed by atoms with van der Waals surface area (Å²) in [5.41, 5.74) is 0. The molecule has 100 valence electrons. The Hall–Kier alpha value is -0.860. The van der Waals surface area contributed by atoms with Crippen molar-refractivity contribution in [3.8, 4) is 0 Å². The van der Waals surface area contributed by atoms with Crippen molar-refractivity contribution < 1.29 is 14.3 Å². The molecular formula is C14H26O3. The first-order chi connectivity index (χ1) is 7.95. The first kappa shape index (κ1) is 16.1. The standard InChI is InChI=1S/C14H26O3/c1-5-7-13(15)17-14(16)10-12(4)9-6-8-11(2)3/h11-12H,5-10H2,1-4H3. The topological polar surface area (TPSA) is 43.4 Å². The van der Waals surface area contributed by atoms with Crippen molar-refractivity contribution in [3.05, 3.63) is 0 Å². The molecule has 0 radical (unpaired) electrons. The van der Waals surface area contributed by atoms with Gasteiger partial charge in [-0.1, -0.05) is 47.0 Å². The zero-order chi connectivity index (χ0) is 13.3. The van der Waals surface area contributed by atoms with Crippen LogP contribution in [-0.2, 0) is 14.3 Å². The Bertz CT molecular complexity index is 234. The summed E-state index contributed by atoms with van der Waals surface area (Å²) in [5, 5.41) is 0. The Labute approximate surface area is 105 Å². The van der Waals surface area contributed by atoms with E-state index in [1.807, 2.05) is 13.8 Å². The average molecular weight is 242 g/mol. The summed E-state index contributed by atoms with van der Waals surface area (Å²) < 4.78 is 4.71. The van der Waals surface area contributed by atoms with Crippen molar-refractivity contribution in [2.75, 3.05) is 0 Å². The Morgan fingerprint density at radius 2 is 1.71 bits per heavy atom. The van der Waals surface area contributed by atoms with Gasteiger partial charge in [-0.15, -0.1) is 0 Å². The van der Waals surface area contributed by atoms with Gasteiger partial charge >= 0.3 is 11.9 Å². The fraction of sp³-hybridized carbons (Fsp3) is 0.857. The third-order valence-corrected chi connectivity index (χ3v) is 2.68. The second-order valence-corrected chi connectivity index (χ2v) is 5.23. The number of hydrogen-bond acceptors (Lipinski definition) is 3. The summed E-state index contributed by atoms with van der Waals surface area (Å²) in [6.07, 6.45) is 4.75. The lowest BCUT2D eigenvalue weighted by Crippen LogP contribution is -2.14. The summed E-state index contributed by atoms with van der Waals surface area (Å²) in [7, 11) is 0. The highest BCUT2D eigenvalue weighted by atomic mass is 16.6. The van der Waals surface area contributed by atoms with E-state index < -0.39 is 5.97 Å². The molecule has 0 saturated heterocycles. The summed E-state index contributed by atoms with van der Waals surface area (Å²) in [4.78, 5) is 22.5. The Morgan fingerprint density at radius 1 is 1.06 bits per heavy atom. The monoisotopic (exact) mass is 242 g/mol. The third-order valence-electron chi connectivity index (χ3n) is 2.68. The maximum absolute atomic E-state index is 11.4. The van der Waals surface area contributed by atoms with Gasteiger partial charge in [0.2, 0.25) is 0 Å². The van der Waals surface area contributed by atoms with E-state index in [1.54, 1.807) is 0 Å². The van der Waals surface area contributed by atoms with Gasteiger partial charge in [0, 0.05) is 12.8 Å². The zero-order valence-electron chi connectivity index (χ0n) is 11.6. The lowest BCUT2D eigenvalue weighted by atomic mass is 9.97. The van der Waals surface area contributed by atoms with E-state index in [9.17, 15) is 9.59 Å². The van der Waals surface area contributed by atoms with Gasteiger partial charge in [-0.25, -0.2) is 0 Å². The van der Waals surface area contributed by atoms with Crippen LogP contribution in [0.4, 0.5) is 0 Å². The molecule has 0 amide bonds. The van der Waals surface area contributed by atoms with Crippen molar-refractivity contribution in [3.63, 3.8) is 0 Å². The predicted octanol–water partition coefficient (Wildman–Crippen LogP) is 3.71. The molecule has 0 rings (SSSR count). The fourth-order valence-corrected chi connectivity index (χ4v) is 1.68. The number of rotatable bonds is 8. The molecule has 0 aliphatic carbocycles. The number of carbonyl (C=O) groups excluding carboxylic acids is 2. The van der Waals surface area contributed by atoms with Crippen molar-refractivity contribution in [2.24, 2.45) is 11.8 Å². The van der Waals surface area contributed by atoms with Crippen LogP contribution in [-0.4, -0.2) is 11.9 Å². The van der Waals surface area contributed by atoms with Gasteiger partial charge in [-0.2, -0.15) is 0 Å². The van der Waals surface area contributed by atoms with Crippen molar-refractivity contribution in [2.45, 2.75) is 66.2 Å². The fourth-order valence-electron chi connectivity index (χ4n) is 1.68. The molecular weight excluding hydrogens is 216 g/mol. The van der Waals surface area contributed by atoms with Crippen LogP contribution in [0.1, 0.15) is 66.2 Å². The molecule has 3 nitrogen and oxygen atoms in total. The SMILES string of the molecule is CCCC(=O)OC(=O)CC(C)CCCC(C)C. The van der Waals surface area contributed by atoms with Gasteiger partial charge in [0.25, 0.3) is 0 Å². The molecule has 0 fully saturated rings. The highest BCUT2D eigenvalue weighted by Gasteiger charge is 2.13. The molecule has 0 heterocycles. The third kappa shape index (κ3) is 10.0. The van der Waals surface area contributed by atoms with Crippen LogP contribution in [0.5, 0.6) is 0 Å². The van der Waals surface area contributed by atoms with Gasteiger partial charge in [0.05, 0.1) is 0 Å². The predicted molar refractivity (Wildman–Crippen MR) is 68.5 cm³/mol. The molecule has 0 spiro atoms. The summed E-state index contributed by atoms with van der Waals surface area (Å²) >= 11 is 0. The highest BCUT2D eigenvalue weighted by Crippen LogP contribution is 2.15. The van der Waals surface area contributed by atoms with Gasteiger partial charge < -0.3 is 4.74 Å². The second-order valence-electron chi connectivity index (χ2n) is 5.23. The lowest BCUT2D eigenvalue weighted by molar-refractivity contribution is -0.160. The number of carbonyl (C=O) groups is 2. The maximum atomic E-state index is 11.4. The molecule has 0 aliphatic rings. The molecule has 17 heavy (non-hydrogen) atoms. The molecule has 0 saturated carbocycles. The Morgan fingerprint density at radius 3 is 2.24 bits per heavy atom. The van der Waals surface area contributed by atoms with E-state index in [2.05, 4.69) is 13.8 Å². The van der Waals surface area contributed by atoms with E-state index in [-0.39, 0.29) is 5.97 Å². The number of ether oxygens (including phenoxy) is 1. The van der Waals surface area contributed by atoms with E-state index in [4.69, 9.17) is 4.74 Å². The van der Waals surface area contributed by atoms with E-state index in [0.717, 1.165) is 19.3 Å². The van der Waals surface area contributed by atoms with Crippen molar-refractivity contribution in [1.82, 2.24) is 0 Å². The van der Waals surface area contributed by atoms with Crippen LogP contribution in [0.2, 0.25) is 0 Å². The molecule has 1 atom stereocenters. The minimum absolute atomic E-state index is 0.302. The maximum Gasteiger partial charge on any atom is 0.313 e. The van der Waals surface area contributed by atoms with Gasteiger partial charge in [-0.3, -0.25) is 9.59 Å². The summed E-state index contributed by atoms with van der Waals surface area (Å²) in [6, 6.07) is 0. The van der Waals surface area contributed by atoms with E-state index in [0.29, 0.717) is 24.7 Å². The molecule has 0 bridgehead atoms. The first-order valence-electron chi connectivity index (χ1n) is 6.69. The van der Waals surface area contributed by atoms with Crippen molar-refractivity contribution in [1.29, 1.82) is 0 Å². The van der Waals surface area contributed by atoms with Gasteiger partial charge in [0.15, 0.2) is 0 Å². The van der Waals surface area contributed by atoms with Crippen LogP contribution >= 0.6 is 0 Å². The summed E-state index contributed by atoms with van der Waals surface area (Å²) in [6.45, 7) is 8.32. The number of esters is 2. The smallest absolute Gasteiger partial charge is 0.313 e. The Kier molecular flexibility index (Phi) is 8.73. The quantitative estimate of drug-likeness (QED) is 0.481. The molecule has 0 aromatic heterocycles. The van der Waals surface area contributed by atoms with Crippen LogP contribution in [0, 0.1) is 11.8 Å². The number of hydrogen-bond donors (Lipinski definition) is 0. The summed E-state index contributed by atoms with van der Waals surface area (Å²) in [5.74, 6) is 0.239. The van der Waals surface area contributed by atoms with Crippen LogP contribution in [0.25, 0.3) is 0 Å². The first-order valence-corrected chi connectivity index (χ1v) is 6.69. The normalized spacial score (nSPS) is 12.5. The molecule has 1 unspecified atom stereocenters. The van der Waals surface area contributed by atoms with Crippen LogP contribution in [0.15, 0.2) is 0 Å². The minimum Gasteiger partial charge on any atom is -0.393 e. The molecule has 0 aromatic carbocycles.